The van der Waals surface area contributed by atoms with Gasteiger partial charge in [-0.25, -0.2) is 13.5 Å². The minimum Gasteiger partial charge on any atom is -0.474 e. The number of aromatic nitrogens is 4. The molecule has 0 atom stereocenters. The predicted molar refractivity (Wildman–Crippen MR) is 124 cm³/mol. The minimum atomic E-state index is -0.708. The summed E-state index contributed by atoms with van der Waals surface area (Å²) in [5.74, 6) is -1.45. The Bertz CT molecular complexity index is 1140. The molecule has 1 saturated heterocycles. The lowest BCUT2D eigenvalue weighted by atomic mass is 10.1. The average Bonchev–Trinajstić information content (AvgIpc) is 3.32. The van der Waals surface area contributed by atoms with E-state index < -0.39 is 11.6 Å². The molecule has 2 aromatic heterocycles. The second-order valence-electron chi connectivity index (χ2n) is 7.66. The van der Waals surface area contributed by atoms with Gasteiger partial charge in [-0.15, -0.1) is 5.10 Å². The number of anilines is 1. The highest BCUT2D eigenvalue weighted by molar-refractivity contribution is 7.80. The van der Waals surface area contributed by atoms with Crippen molar-refractivity contribution in [2.24, 2.45) is 0 Å². The maximum atomic E-state index is 15.0. The van der Waals surface area contributed by atoms with Gasteiger partial charge in [-0.2, -0.15) is 0 Å². The van der Waals surface area contributed by atoms with E-state index in [2.05, 4.69) is 20.6 Å². The smallest absolute Gasteiger partial charge is 0.256 e. The Kier molecular flexibility index (Phi) is 7.26. The van der Waals surface area contributed by atoms with Gasteiger partial charge < -0.3 is 19.9 Å². The Labute approximate surface area is 200 Å². The van der Waals surface area contributed by atoms with E-state index in [-0.39, 0.29) is 35.4 Å². The largest absolute Gasteiger partial charge is 0.474 e. The molecule has 9 nitrogen and oxygen atoms in total. The first-order chi connectivity index (χ1) is 16.4. The Balaban J connectivity index is 1.40. The van der Waals surface area contributed by atoms with Crippen molar-refractivity contribution in [1.29, 1.82) is 0 Å². The van der Waals surface area contributed by atoms with Gasteiger partial charge in [0.1, 0.15) is 11.4 Å². The number of methoxy groups -OCH3 is 1. The van der Waals surface area contributed by atoms with E-state index in [4.69, 9.17) is 17.0 Å². The number of ether oxygens (including phenoxy) is 1. The highest BCUT2D eigenvalue weighted by atomic mass is 32.1. The maximum Gasteiger partial charge on any atom is 0.256 e. The van der Waals surface area contributed by atoms with Gasteiger partial charge in [-0.1, -0.05) is 11.3 Å². The van der Waals surface area contributed by atoms with Crippen molar-refractivity contribution in [2.75, 3.05) is 38.2 Å². The molecule has 0 unspecified atom stereocenters. The summed E-state index contributed by atoms with van der Waals surface area (Å²) in [7, 11) is 1.44. The second kappa shape index (κ2) is 10.5. The molecule has 1 aliphatic heterocycles. The maximum absolute atomic E-state index is 15.0. The first-order valence-electron chi connectivity index (χ1n) is 10.6. The van der Waals surface area contributed by atoms with Crippen LogP contribution in [0.3, 0.4) is 0 Å². The predicted octanol–water partition coefficient (Wildman–Crippen LogP) is 1.85. The molecule has 4 rings (SSSR count). The van der Waals surface area contributed by atoms with Gasteiger partial charge in [0, 0.05) is 50.7 Å². The van der Waals surface area contributed by atoms with Crippen molar-refractivity contribution in [3.05, 3.63) is 65.7 Å². The lowest BCUT2D eigenvalue weighted by Gasteiger charge is -2.36. The first-order valence-corrected chi connectivity index (χ1v) is 11.0. The van der Waals surface area contributed by atoms with E-state index in [1.54, 1.807) is 34.5 Å². The number of nitrogens with one attached hydrogen (secondary N) is 1. The van der Waals surface area contributed by atoms with Crippen LogP contribution >= 0.6 is 12.2 Å². The highest BCUT2D eigenvalue weighted by Crippen LogP contribution is 2.27. The number of pyridine rings is 1. The quantitative estimate of drug-likeness (QED) is 0.527. The van der Waals surface area contributed by atoms with Crippen molar-refractivity contribution in [3.8, 4) is 5.69 Å². The van der Waals surface area contributed by atoms with Crippen LogP contribution in [0.5, 0.6) is 0 Å². The fraction of sp³-hybridized carbons (Fsp3) is 0.318. The molecule has 0 bridgehead atoms. The number of carbonyl (C=O) groups excluding carboxylic acids is 1. The Morgan fingerprint density at radius 1 is 1.21 bits per heavy atom. The summed E-state index contributed by atoms with van der Waals surface area (Å²) < 4.78 is 36.0. The summed E-state index contributed by atoms with van der Waals surface area (Å²) in [6, 6.07) is 6.05. The number of halogens is 2. The lowest BCUT2D eigenvalue weighted by Crippen LogP contribution is -2.49. The molecule has 0 spiro atoms. The number of carbonyl (C=O) groups is 1. The standard InChI is InChI=1S/C22H23F2N7O2S/c1-33-22(34)26-13-16-14-31(28-27-16)17-10-18(23)21(19(24)11-17)30-7-5-29(6-8-30)20(32)9-15-3-2-4-25-12-15/h2-4,10-12,14H,5-9,13H2,1H3,(H,26,34). The van der Waals surface area contributed by atoms with Gasteiger partial charge in [0.2, 0.25) is 5.91 Å². The van der Waals surface area contributed by atoms with Crippen LogP contribution in [0.15, 0.2) is 42.9 Å². The van der Waals surface area contributed by atoms with Gasteiger partial charge in [0.05, 0.1) is 32.0 Å². The fourth-order valence-electron chi connectivity index (χ4n) is 3.70. The Morgan fingerprint density at radius 3 is 2.59 bits per heavy atom. The van der Waals surface area contributed by atoms with Crippen molar-refractivity contribution in [1.82, 2.24) is 30.2 Å². The molecule has 0 aliphatic carbocycles. The lowest BCUT2D eigenvalue weighted by molar-refractivity contribution is -0.130. The molecule has 1 N–H and O–H groups in total. The summed E-state index contributed by atoms with van der Waals surface area (Å²) in [6.45, 7) is 1.67. The number of hydrogen-bond donors (Lipinski definition) is 1. The molecule has 3 aromatic rings. The van der Waals surface area contributed by atoms with E-state index >= 15 is 0 Å². The summed E-state index contributed by atoms with van der Waals surface area (Å²) >= 11 is 4.90. The molecule has 3 heterocycles. The van der Waals surface area contributed by atoms with E-state index in [9.17, 15) is 13.6 Å². The zero-order valence-electron chi connectivity index (χ0n) is 18.4. The number of amides is 1. The van der Waals surface area contributed by atoms with Crippen LogP contribution in [0.25, 0.3) is 5.69 Å². The third-order valence-electron chi connectivity index (χ3n) is 5.43. The fourth-order valence-corrected chi connectivity index (χ4v) is 3.77. The zero-order valence-corrected chi connectivity index (χ0v) is 19.3. The number of rotatable bonds is 6. The molecule has 12 heteroatoms. The van der Waals surface area contributed by atoms with Crippen molar-refractivity contribution >= 4 is 29.0 Å². The summed E-state index contributed by atoms with van der Waals surface area (Å²) in [5.41, 5.74) is 1.44. The van der Waals surface area contributed by atoms with Crippen molar-refractivity contribution in [2.45, 2.75) is 13.0 Å². The van der Waals surface area contributed by atoms with Gasteiger partial charge >= 0.3 is 0 Å². The Morgan fingerprint density at radius 2 is 1.94 bits per heavy atom. The molecular weight excluding hydrogens is 464 g/mol. The van der Waals surface area contributed by atoms with E-state index in [1.807, 2.05) is 6.07 Å². The molecule has 34 heavy (non-hydrogen) atoms. The number of piperazine rings is 1. The highest BCUT2D eigenvalue weighted by Gasteiger charge is 2.26. The third kappa shape index (κ3) is 5.45. The monoisotopic (exact) mass is 487 g/mol. The van der Waals surface area contributed by atoms with E-state index in [1.165, 1.54) is 23.9 Å². The van der Waals surface area contributed by atoms with Crippen LogP contribution in [-0.2, 0) is 22.5 Å². The second-order valence-corrected chi connectivity index (χ2v) is 8.03. The number of benzene rings is 1. The van der Waals surface area contributed by atoms with E-state index in [0.29, 0.717) is 31.9 Å². The zero-order chi connectivity index (χ0) is 24.1. The summed E-state index contributed by atoms with van der Waals surface area (Å²) in [6.07, 6.45) is 5.10. The van der Waals surface area contributed by atoms with Crippen LogP contribution in [0, 0.1) is 11.6 Å². The SMILES string of the molecule is COC(=S)NCc1cn(-c2cc(F)c(N3CCN(C(=O)Cc4cccnc4)CC3)c(F)c2)nn1. The van der Waals surface area contributed by atoms with E-state index in [0.717, 1.165) is 5.56 Å². The van der Waals surface area contributed by atoms with Gasteiger partial charge in [-0.3, -0.25) is 9.78 Å². The molecular formula is C22H23F2N7O2S. The van der Waals surface area contributed by atoms with Crippen LogP contribution in [0.1, 0.15) is 11.3 Å². The third-order valence-corrected chi connectivity index (χ3v) is 5.74. The molecule has 1 fully saturated rings. The summed E-state index contributed by atoms with van der Waals surface area (Å²) in [4.78, 5) is 19.9. The van der Waals surface area contributed by atoms with Gasteiger partial charge in [0.25, 0.3) is 5.17 Å². The molecule has 0 saturated carbocycles. The van der Waals surface area contributed by atoms with Gasteiger partial charge in [0.15, 0.2) is 11.6 Å². The van der Waals surface area contributed by atoms with Crippen LogP contribution in [0.2, 0.25) is 0 Å². The van der Waals surface area contributed by atoms with Crippen LogP contribution < -0.4 is 10.2 Å². The molecule has 1 aromatic carbocycles. The average molecular weight is 488 g/mol. The van der Waals surface area contributed by atoms with Crippen molar-refractivity contribution < 1.29 is 18.3 Å². The summed E-state index contributed by atoms with van der Waals surface area (Å²) in [5, 5.41) is 10.9. The molecule has 1 amide bonds. The first kappa shape index (κ1) is 23.5. The van der Waals surface area contributed by atoms with Crippen LogP contribution in [0.4, 0.5) is 14.5 Å². The number of nitrogens with zero attached hydrogens (tertiary/aromatic N) is 6. The van der Waals surface area contributed by atoms with Crippen LogP contribution in [-0.4, -0.2) is 69.2 Å². The molecule has 1 aliphatic rings. The normalized spacial score (nSPS) is 13.6. The molecule has 178 valence electrons. The minimum absolute atomic E-state index is 0.0355. The van der Waals surface area contributed by atoms with Gasteiger partial charge in [-0.05, 0) is 23.8 Å². The topological polar surface area (TPSA) is 88.4 Å². The number of thiocarbonyl (C=S) groups is 1. The molecule has 0 radical (unpaired) electrons. The number of hydrogen-bond acceptors (Lipinski definition) is 7. The van der Waals surface area contributed by atoms with Crippen molar-refractivity contribution in [3.63, 3.8) is 0 Å². The Hall–Kier alpha value is -3.67.